The second kappa shape index (κ2) is 20.0. The van der Waals surface area contributed by atoms with Crippen molar-refractivity contribution in [2.24, 2.45) is 17.8 Å². The lowest BCUT2D eigenvalue weighted by molar-refractivity contribution is -0.306. The molecule has 2 aliphatic rings. The molecule has 0 aliphatic carbocycles. The third kappa shape index (κ3) is 10.7. The number of nitrogens with one attached hydrogen (secondary N) is 3. The number of likely N-dealkylation sites (N-methyl/N-ethyl adjacent to an activating group) is 1. The van der Waals surface area contributed by atoms with Gasteiger partial charge >= 0.3 is 11.9 Å². The molecule has 0 saturated carbocycles. The average Bonchev–Trinajstić information content (AvgIpc) is 3.52. The third-order valence-corrected chi connectivity index (χ3v) is 11.8. The number of amides is 3. The molecular formula is C42H52Cl2N4O13. The van der Waals surface area contributed by atoms with Crippen LogP contribution in [0, 0.1) is 17.8 Å². The molecule has 2 aromatic carbocycles. The van der Waals surface area contributed by atoms with Gasteiger partial charge in [0, 0.05) is 43.3 Å². The molecule has 1 aromatic heterocycles. The molecule has 12 unspecified atom stereocenters. The van der Waals surface area contributed by atoms with E-state index in [1.807, 2.05) is 32.1 Å². The summed E-state index contributed by atoms with van der Waals surface area (Å²) in [6, 6.07) is 7.48. The summed E-state index contributed by atoms with van der Waals surface area (Å²) in [7, 11) is 2.66. The number of allylic oxidation sites excluding steroid dienone is 1. The van der Waals surface area contributed by atoms with Crippen LogP contribution < -0.4 is 15.4 Å². The van der Waals surface area contributed by atoms with Crippen molar-refractivity contribution in [1.82, 2.24) is 20.5 Å². The van der Waals surface area contributed by atoms with Gasteiger partial charge in [0.1, 0.15) is 47.2 Å². The van der Waals surface area contributed by atoms with Crippen molar-refractivity contribution in [1.29, 1.82) is 0 Å². The number of aromatic nitrogens is 1. The Morgan fingerprint density at radius 2 is 1.66 bits per heavy atom. The number of para-hydroxylation sites is 1. The molecule has 17 nitrogen and oxygen atoms in total. The number of hydrogen-bond acceptors (Lipinski definition) is 12. The number of aliphatic hydroxyl groups is 3. The standard InChI is InChI=1S/C42H52Cl2N4O13/c1-18-14-19(2)22(5)59-41(57)34(58-7)31(23-12-13-29(26(43)16-23)60-42-30(39(54)55)32(49)33(50)40(56)61-42)47-37(52)28(17-25-24-10-8-9-11-27(24)46-35(25)44)48(6)38(53)21(4)45-36(51)20(3)15-18/h8-14,16,19-22,28,30-34,40,42,46,49-50,56H,15,17H2,1-7H3,(H,45,51)(H,47,52)(H,54,55). The van der Waals surface area contributed by atoms with Crippen LogP contribution in [0.2, 0.25) is 10.2 Å². The average molecular weight is 892 g/mol. The maximum Gasteiger partial charge on any atom is 0.338 e. The second-order valence-corrected chi connectivity index (χ2v) is 16.5. The fourth-order valence-corrected chi connectivity index (χ4v) is 8.03. The number of benzene rings is 2. The molecule has 5 rings (SSSR count). The van der Waals surface area contributed by atoms with Gasteiger partial charge in [-0.05, 0) is 56.5 Å². The van der Waals surface area contributed by atoms with Crippen LogP contribution >= 0.6 is 23.2 Å². The zero-order valence-corrected chi connectivity index (χ0v) is 36.1. The van der Waals surface area contributed by atoms with Crippen molar-refractivity contribution in [2.45, 2.75) is 103 Å². The fraction of sp³-hybridized carbons (Fsp3) is 0.500. The van der Waals surface area contributed by atoms with Crippen molar-refractivity contribution in [3.63, 3.8) is 0 Å². The van der Waals surface area contributed by atoms with E-state index >= 15 is 0 Å². The van der Waals surface area contributed by atoms with Gasteiger partial charge in [-0.15, -0.1) is 0 Å². The van der Waals surface area contributed by atoms with Crippen LogP contribution in [0.3, 0.4) is 0 Å². The van der Waals surface area contributed by atoms with Crippen LogP contribution in [0.5, 0.6) is 5.75 Å². The third-order valence-electron chi connectivity index (χ3n) is 11.2. The number of hydrogen-bond donors (Lipinski definition) is 7. The molecule has 3 amide bonds. The smallest absolute Gasteiger partial charge is 0.338 e. The van der Waals surface area contributed by atoms with Gasteiger partial charge in [0.25, 0.3) is 0 Å². The topological polar surface area (TPSA) is 246 Å². The molecular weight excluding hydrogens is 839 g/mol. The first-order valence-corrected chi connectivity index (χ1v) is 20.4. The van der Waals surface area contributed by atoms with Gasteiger partial charge < -0.3 is 59.9 Å². The number of rotatable bonds is 7. The first kappa shape index (κ1) is 47.3. The van der Waals surface area contributed by atoms with Crippen LogP contribution in [0.1, 0.15) is 58.2 Å². The fourth-order valence-electron chi connectivity index (χ4n) is 7.52. The lowest BCUT2D eigenvalue weighted by Gasteiger charge is -2.38. The summed E-state index contributed by atoms with van der Waals surface area (Å²) in [5.74, 6) is -7.06. The van der Waals surface area contributed by atoms with Gasteiger partial charge in [-0.25, -0.2) is 4.79 Å². The van der Waals surface area contributed by atoms with Crippen molar-refractivity contribution in [3.05, 3.63) is 75.4 Å². The molecule has 332 valence electrons. The number of aliphatic hydroxyl groups excluding tert-OH is 3. The van der Waals surface area contributed by atoms with Crippen LogP contribution in [0.25, 0.3) is 10.9 Å². The number of nitrogens with zero attached hydrogens (tertiary/aromatic N) is 1. The van der Waals surface area contributed by atoms with Gasteiger partial charge in [-0.2, -0.15) is 0 Å². The van der Waals surface area contributed by atoms with Gasteiger partial charge in [-0.3, -0.25) is 19.2 Å². The first-order chi connectivity index (χ1) is 28.7. The van der Waals surface area contributed by atoms with E-state index in [0.29, 0.717) is 22.9 Å². The number of aromatic amines is 1. The minimum atomic E-state index is -1.99. The first-order valence-electron chi connectivity index (χ1n) is 19.7. The van der Waals surface area contributed by atoms with Crippen molar-refractivity contribution in [2.75, 3.05) is 14.2 Å². The summed E-state index contributed by atoms with van der Waals surface area (Å²) >= 11 is 13.4. The molecule has 7 N–H and O–H groups in total. The van der Waals surface area contributed by atoms with Gasteiger partial charge in [-0.1, -0.05) is 73.0 Å². The number of carboxylic acids is 1. The Balaban J connectivity index is 1.59. The zero-order valence-electron chi connectivity index (χ0n) is 34.6. The summed E-state index contributed by atoms with van der Waals surface area (Å²) in [6.07, 6.45) is -7.81. The maximum absolute atomic E-state index is 14.8. The highest BCUT2D eigenvalue weighted by Crippen LogP contribution is 2.35. The van der Waals surface area contributed by atoms with E-state index in [2.05, 4.69) is 15.6 Å². The molecule has 1 fully saturated rings. The van der Waals surface area contributed by atoms with Gasteiger partial charge in [0.05, 0.1) is 11.1 Å². The Labute approximate surface area is 362 Å². The van der Waals surface area contributed by atoms with E-state index in [0.717, 1.165) is 5.57 Å². The number of cyclic esters (lactones) is 1. The Morgan fingerprint density at radius 3 is 2.31 bits per heavy atom. The van der Waals surface area contributed by atoms with E-state index in [-0.39, 0.29) is 39.7 Å². The Hall–Kier alpha value is -4.75. The number of carbonyl (C=O) groups is 5. The van der Waals surface area contributed by atoms with E-state index in [9.17, 15) is 44.4 Å². The minimum Gasteiger partial charge on any atom is -0.481 e. The molecule has 0 radical (unpaired) electrons. The van der Waals surface area contributed by atoms with Crippen LogP contribution in [-0.2, 0) is 44.6 Å². The predicted molar refractivity (Wildman–Crippen MR) is 221 cm³/mol. The van der Waals surface area contributed by atoms with Gasteiger partial charge in [0.15, 0.2) is 12.4 Å². The molecule has 2 aliphatic heterocycles. The monoisotopic (exact) mass is 890 g/mol. The lowest BCUT2D eigenvalue weighted by Crippen LogP contribution is -2.58. The maximum atomic E-state index is 14.8. The number of halogens is 2. The Morgan fingerprint density at radius 1 is 0.967 bits per heavy atom. The minimum absolute atomic E-state index is 0.118. The number of ether oxygens (including phenoxy) is 4. The summed E-state index contributed by atoms with van der Waals surface area (Å²) in [4.78, 5) is 72.7. The molecule has 1 saturated heterocycles. The molecule has 19 heteroatoms. The SMILES string of the molecule is COC1C(=O)OC(C)C(C)C=C(C)CC(C)C(=O)NC(C)C(=O)N(C)C(Cc2c(Cl)[nH]c3ccccc23)C(=O)NC1c1ccc(OC2OC(O)C(O)C(O)C2C(=O)O)c(Cl)c1. The number of aliphatic carboxylic acids is 1. The van der Waals surface area contributed by atoms with Crippen molar-refractivity contribution >= 4 is 63.8 Å². The molecule has 12 atom stereocenters. The lowest BCUT2D eigenvalue weighted by atomic mass is 9.94. The summed E-state index contributed by atoms with van der Waals surface area (Å²) in [5.41, 5.74) is 2.23. The van der Waals surface area contributed by atoms with E-state index in [1.165, 1.54) is 44.2 Å². The van der Waals surface area contributed by atoms with Crippen molar-refractivity contribution < 1.29 is 63.3 Å². The molecule has 61 heavy (non-hydrogen) atoms. The molecule has 3 aromatic rings. The zero-order chi connectivity index (χ0) is 45.0. The molecule has 0 spiro atoms. The normalized spacial score (nSPS) is 31.3. The Kier molecular flexibility index (Phi) is 15.5. The van der Waals surface area contributed by atoms with Crippen LogP contribution in [-0.4, -0.2) is 123 Å². The summed E-state index contributed by atoms with van der Waals surface area (Å²) in [5, 5.41) is 46.7. The highest BCUT2D eigenvalue weighted by Gasteiger charge is 2.49. The van der Waals surface area contributed by atoms with Gasteiger partial charge in [0.2, 0.25) is 24.0 Å². The van der Waals surface area contributed by atoms with E-state index in [1.54, 1.807) is 26.0 Å². The van der Waals surface area contributed by atoms with Crippen LogP contribution in [0.4, 0.5) is 0 Å². The number of carboxylic acid groups (broad SMARTS) is 1. The predicted octanol–water partition coefficient (Wildman–Crippen LogP) is 3.25. The summed E-state index contributed by atoms with van der Waals surface area (Å²) < 4.78 is 22.5. The number of methoxy groups -OCH3 is 1. The molecule has 0 bridgehead atoms. The molecule has 3 heterocycles. The quantitative estimate of drug-likeness (QED) is 0.133. The number of esters is 1. The number of H-pyrrole nitrogens is 1. The van der Waals surface area contributed by atoms with E-state index in [4.69, 9.17) is 42.1 Å². The highest BCUT2D eigenvalue weighted by molar-refractivity contribution is 6.32. The second-order valence-electron chi connectivity index (χ2n) is 15.7. The highest BCUT2D eigenvalue weighted by atomic mass is 35.5. The van der Waals surface area contributed by atoms with Crippen molar-refractivity contribution in [3.8, 4) is 5.75 Å². The van der Waals surface area contributed by atoms with E-state index < -0.39 is 90.7 Å². The number of carbonyl (C=O) groups excluding carboxylic acids is 4. The largest absolute Gasteiger partial charge is 0.481 e. The summed E-state index contributed by atoms with van der Waals surface area (Å²) in [6.45, 7) is 8.64. The number of fused-ring (bicyclic) bond motifs is 1. The Bertz CT molecular complexity index is 2150. The van der Waals surface area contributed by atoms with Crippen LogP contribution in [0.15, 0.2) is 54.1 Å².